The number of benzene rings is 2. The number of anilines is 1. The maximum atomic E-state index is 10.7. The highest BCUT2D eigenvalue weighted by molar-refractivity contribution is 6.30. The Morgan fingerprint density at radius 3 is 1.94 bits per heavy atom. The lowest BCUT2D eigenvalue weighted by molar-refractivity contribution is -0.00894. The van der Waals surface area contributed by atoms with Crippen LogP contribution in [0.2, 0.25) is 10.0 Å². The van der Waals surface area contributed by atoms with Crippen LogP contribution in [0.4, 0.5) is 5.82 Å². The minimum absolute atomic E-state index is 0. The van der Waals surface area contributed by atoms with Crippen molar-refractivity contribution in [1.29, 1.82) is 0 Å². The molecule has 176 valence electrons. The van der Waals surface area contributed by atoms with Crippen LogP contribution >= 0.6 is 23.2 Å². The number of pyridine rings is 1. The van der Waals surface area contributed by atoms with Gasteiger partial charge in [0.25, 0.3) is 0 Å². The number of aliphatic hydroxyl groups excluding tert-OH is 1. The summed E-state index contributed by atoms with van der Waals surface area (Å²) in [7, 11) is 0. The van der Waals surface area contributed by atoms with E-state index in [9.17, 15) is 5.11 Å². The molecule has 0 amide bonds. The van der Waals surface area contributed by atoms with Crippen molar-refractivity contribution in [3.63, 3.8) is 0 Å². The summed E-state index contributed by atoms with van der Waals surface area (Å²) in [4.78, 5) is 8.97. The molecule has 0 bridgehead atoms. The van der Waals surface area contributed by atoms with E-state index >= 15 is 0 Å². The van der Waals surface area contributed by atoms with Crippen LogP contribution in [0.25, 0.3) is 0 Å². The fourth-order valence-electron chi connectivity index (χ4n) is 3.92. The molecule has 1 atom stereocenters. The molecule has 3 aromatic rings. The lowest BCUT2D eigenvalue weighted by Gasteiger charge is -2.36. The van der Waals surface area contributed by atoms with Crippen molar-refractivity contribution < 1.29 is 22.3 Å². The van der Waals surface area contributed by atoms with Gasteiger partial charge >= 0.3 is 0 Å². The van der Waals surface area contributed by atoms with Crippen molar-refractivity contribution in [2.24, 2.45) is 0 Å². The lowest BCUT2D eigenvalue weighted by atomic mass is 10.0. The summed E-state index contributed by atoms with van der Waals surface area (Å²) in [6.07, 6.45) is 0.930. The zero-order chi connectivity index (χ0) is 22.3. The molecule has 8 heteroatoms. The molecule has 4 rings (SSSR count). The molecular formula is C25H27Cl3N3O2-. The number of rotatable bonds is 8. The quantitative estimate of drug-likeness (QED) is 0.503. The molecule has 1 aromatic heterocycles. The fraction of sp³-hybridized carbons (Fsp3) is 0.320. The number of aliphatic hydroxyl groups is 1. The van der Waals surface area contributed by atoms with E-state index in [-0.39, 0.29) is 25.1 Å². The van der Waals surface area contributed by atoms with Gasteiger partial charge < -0.3 is 27.2 Å². The Bertz CT molecular complexity index is 921. The lowest BCUT2D eigenvalue weighted by Crippen LogP contribution is -3.00. The first-order chi connectivity index (χ1) is 15.6. The molecule has 1 aliphatic rings. The number of β-amino-alcohol motifs (C(OH)–C–C–N with tert-alkyl or cyclic N) is 1. The minimum atomic E-state index is -0.585. The van der Waals surface area contributed by atoms with Gasteiger partial charge in [0.05, 0.1) is 12.7 Å². The van der Waals surface area contributed by atoms with Crippen LogP contribution in [0.3, 0.4) is 0 Å². The van der Waals surface area contributed by atoms with Crippen LogP contribution in [0, 0.1) is 0 Å². The number of piperazine rings is 1. The van der Waals surface area contributed by atoms with Gasteiger partial charge in [-0.05, 0) is 47.5 Å². The Morgan fingerprint density at radius 1 is 0.848 bits per heavy atom. The number of aromatic nitrogens is 1. The van der Waals surface area contributed by atoms with E-state index < -0.39 is 6.10 Å². The fourth-order valence-corrected chi connectivity index (χ4v) is 4.17. The second-order valence-corrected chi connectivity index (χ2v) is 8.82. The zero-order valence-electron chi connectivity index (χ0n) is 18.2. The maximum Gasteiger partial charge on any atom is 0.128 e. The van der Waals surface area contributed by atoms with Crippen molar-refractivity contribution in [2.45, 2.75) is 12.2 Å². The summed E-state index contributed by atoms with van der Waals surface area (Å²) < 4.78 is 6.20. The van der Waals surface area contributed by atoms with Crippen molar-refractivity contribution in [1.82, 2.24) is 9.88 Å². The van der Waals surface area contributed by atoms with Crippen molar-refractivity contribution in [3.8, 4) is 0 Å². The molecule has 33 heavy (non-hydrogen) atoms. The topological polar surface area (TPSA) is 48.8 Å². The number of hydrogen-bond acceptors (Lipinski definition) is 5. The largest absolute Gasteiger partial charge is 1.00 e. The predicted molar refractivity (Wildman–Crippen MR) is 130 cm³/mol. The molecule has 1 N–H and O–H groups in total. The highest BCUT2D eigenvalue weighted by Crippen LogP contribution is 2.28. The van der Waals surface area contributed by atoms with Gasteiger partial charge in [-0.15, -0.1) is 0 Å². The maximum absolute atomic E-state index is 10.7. The normalized spacial score (nSPS) is 15.3. The Kier molecular flexibility index (Phi) is 9.80. The van der Waals surface area contributed by atoms with Gasteiger partial charge in [0.15, 0.2) is 0 Å². The van der Waals surface area contributed by atoms with Crippen molar-refractivity contribution in [3.05, 3.63) is 94.1 Å². The Labute approximate surface area is 211 Å². The van der Waals surface area contributed by atoms with Gasteiger partial charge in [0.2, 0.25) is 0 Å². The van der Waals surface area contributed by atoms with Crippen LogP contribution in [0.1, 0.15) is 17.2 Å². The van der Waals surface area contributed by atoms with Gasteiger partial charge in [-0.1, -0.05) is 53.5 Å². The smallest absolute Gasteiger partial charge is 0.128 e. The van der Waals surface area contributed by atoms with Crippen LogP contribution in [0.15, 0.2) is 72.9 Å². The molecule has 0 radical (unpaired) electrons. The summed E-state index contributed by atoms with van der Waals surface area (Å²) in [6, 6.07) is 21.2. The number of nitrogens with zero attached hydrogens (tertiary/aromatic N) is 3. The first-order valence-corrected chi connectivity index (χ1v) is 11.5. The minimum Gasteiger partial charge on any atom is -1.00 e. The highest BCUT2D eigenvalue weighted by atomic mass is 35.5. The van der Waals surface area contributed by atoms with Gasteiger partial charge in [-0.2, -0.15) is 0 Å². The summed E-state index contributed by atoms with van der Waals surface area (Å²) in [6.45, 7) is 4.35. The monoisotopic (exact) mass is 506 g/mol. The first-order valence-electron chi connectivity index (χ1n) is 10.8. The molecule has 0 spiro atoms. The van der Waals surface area contributed by atoms with Crippen LogP contribution in [-0.2, 0) is 4.74 Å². The molecule has 0 saturated carbocycles. The van der Waals surface area contributed by atoms with E-state index in [4.69, 9.17) is 27.9 Å². The molecule has 5 nitrogen and oxygen atoms in total. The van der Waals surface area contributed by atoms with E-state index in [1.54, 1.807) is 0 Å². The summed E-state index contributed by atoms with van der Waals surface area (Å²) in [5, 5.41) is 12.0. The summed E-state index contributed by atoms with van der Waals surface area (Å²) in [5.74, 6) is 1.00. The molecule has 1 fully saturated rings. The number of hydrogen-bond donors (Lipinski definition) is 1. The van der Waals surface area contributed by atoms with E-state index in [1.807, 2.05) is 72.9 Å². The van der Waals surface area contributed by atoms with Crippen molar-refractivity contribution >= 4 is 29.0 Å². The molecule has 2 heterocycles. The number of halogens is 3. The standard InChI is InChI=1S/C25H27Cl2N3O2.ClH/c26-21-8-4-19(5-9-21)25(20-6-10-22(27)11-7-20)32-18-23(31)17-29-13-15-30(16-14-29)24-3-1-2-12-28-24;/h1-12,23,25,31H,13-18H2;1H/p-1. The van der Waals surface area contributed by atoms with Gasteiger partial charge in [0, 0.05) is 49.0 Å². The third-order valence-corrected chi connectivity index (χ3v) is 6.12. The molecule has 0 aliphatic carbocycles. The molecule has 2 aromatic carbocycles. The number of ether oxygens (including phenoxy) is 1. The third kappa shape index (κ3) is 7.31. The van der Waals surface area contributed by atoms with Crippen LogP contribution < -0.4 is 17.3 Å². The highest BCUT2D eigenvalue weighted by Gasteiger charge is 2.22. The second-order valence-electron chi connectivity index (χ2n) is 7.95. The molecule has 1 aliphatic heterocycles. The van der Waals surface area contributed by atoms with Crippen LogP contribution in [-0.4, -0.2) is 60.4 Å². The first kappa shape index (κ1) is 25.8. The molecule has 1 saturated heterocycles. The van der Waals surface area contributed by atoms with Gasteiger partial charge in [-0.25, -0.2) is 4.98 Å². The van der Waals surface area contributed by atoms with Crippen LogP contribution in [0.5, 0.6) is 0 Å². The van der Waals surface area contributed by atoms with Gasteiger partial charge in [-0.3, -0.25) is 4.90 Å². The van der Waals surface area contributed by atoms with E-state index in [1.165, 1.54) is 0 Å². The van der Waals surface area contributed by atoms with Crippen molar-refractivity contribution in [2.75, 3.05) is 44.2 Å². The average Bonchev–Trinajstić information content (AvgIpc) is 2.82. The zero-order valence-corrected chi connectivity index (χ0v) is 20.4. The third-order valence-electron chi connectivity index (χ3n) is 5.62. The van der Waals surface area contributed by atoms with E-state index in [2.05, 4.69) is 14.8 Å². The van der Waals surface area contributed by atoms with Gasteiger partial charge in [0.1, 0.15) is 11.9 Å². The summed E-state index contributed by atoms with van der Waals surface area (Å²) in [5.41, 5.74) is 1.96. The summed E-state index contributed by atoms with van der Waals surface area (Å²) >= 11 is 12.1. The Balaban J connectivity index is 0.00000306. The SMILES string of the molecule is OC(COC(c1ccc(Cl)cc1)c1ccc(Cl)cc1)CN1CCN(c2ccccn2)CC1.[Cl-]. The average molecular weight is 508 g/mol. The second kappa shape index (κ2) is 12.6. The Morgan fingerprint density at radius 2 is 1.42 bits per heavy atom. The predicted octanol–water partition coefficient (Wildman–Crippen LogP) is 1.68. The molecular weight excluding hydrogens is 481 g/mol. The molecule has 1 unspecified atom stereocenters. The Hall–Kier alpha value is -1.86. The van der Waals surface area contributed by atoms with E-state index in [0.717, 1.165) is 43.1 Å². The van der Waals surface area contributed by atoms with E-state index in [0.29, 0.717) is 16.6 Å².